The standard InChI is InChI=1S/C13H20FNO/c1-9(2)15-8-11(4)16-12-7-5-6-10(3)13(12)14/h5-7,9,11,15H,8H2,1-4H3. The number of aryl methyl sites for hydroxylation is 1. The van der Waals surface area contributed by atoms with Crippen LogP contribution in [0, 0.1) is 12.7 Å². The first-order valence-corrected chi connectivity index (χ1v) is 5.66. The van der Waals surface area contributed by atoms with Crippen LogP contribution in [-0.2, 0) is 0 Å². The zero-order chi connectivity index (χ0) is 12.1. The fraction of sp³-hybridized carbons (Fsp3) is 0.538. The Morgan fingerprint density at radius 3 is 2.62 bits per heavy atom. The second-order valence-corrected chi connectivity index (χ2v) is 4.38. The zero-order valence-corrected chi connectivity index (χ0v) is 10.4. The van der Waals surface area contributed by atoms with Crippen LogP contribution in [0.5, 0.6) is 5.75 Å². The van der Waals surface area contributed by atoms with Gasteiger partial charge in [0.15, 0.2) is 11.6 Å². The Labute approximate surface area is 96.8 Å². The molecule has 1 atom stereocenters. The van der Waals surface area contributed by atoms with E-state index in [-0.39, 0.29) is 11.9 Å². The third-order valence-corrected chi connectivity index (χ3v) is 2.30. The summed E-state index contributed by atoms with van der Waals surface area (Å²) in [5.74, 6) is 0.0666. The second kappa shape index (κ2) is 5.85. The number of ether oxygens (including phenoxy) is 1. The maximum atomic E-state index is 13.6. The van der Waals surface area contributed by atoms with Crippen molar-refractivity contribution in [3.8, 4) is 5.75 Å². The average molecular weight is 225 g/mol. The van der Waals surface area contributed by atoms with Gasteiger partial charge < -0.3 is 10.1 Å². The Bertz CT molecular complexity index is 339. The highest BCUT2D eigenvalue weighted by molar-refractivity contribution is 5.30. The van der Waals surface area contributed by atoms with E-state index in [1.807, 2.05) is 6.92 Å². The molecule has 0 bridgehead atoms. The maximum absolute atomic E-state index is 13.6. The topological polar surface area (TPSA) is 21.3 Å². The van der Waals surface area contributed by atoms with E-state index in [0.29, 0.717) is 23.9 Å². The fourth-order valence-electron chi connectivity index (χ4n) is 1.37. The number of hydrogen-bond acceptors (Lipinski definition) is 2. The largest absolute Gasteiger partial charge is 0.486 e. The summed E-state index contributed by atoms with van der Waals surface area (Å²) in [6, 6.07) is 5.61. The van der Waals surface area contributed by atoms with E-state index in [1.165, 1.54) is 0 Å². The van der Waals surface area contributed by atoms with Crippen molar-refractivity contribution in [1.29, 1.82) is 0 Å². The highest BCUT2D eigenvalue weighted by Crippen LogP contribution is 2.20. The van der Waals surface area contributed by atoms with E-state index in [4.69, 9.17) is 4.74 Å². The highest BCUT2D eigenvalue weighted by atomic mass is 19.1. The molecule has 1 rings (SSSR count). The van der Waals surface area contributed by atoms with E-state index in [1.54, 1.807) is 25.1 Å². The Kier molecular flexibility index (Phi) is 4.74. The van der Waals surface area contributed by atoms with Crippen LogP contribution in [0.25, 0.3) is 0 Å². The Balaban J connectivity index is 2.56. The van der Waals surface area contributed by atoms with Gasteiger partial charge in [-0.15, -0.1) is 0 Å². The average Bonchev–Trinajstić information content (AvgIpc) is 2.22. The van der Waals surface area contributed by atoms with Crippen LogP contribution in [0.15, 0.2) is 18.2 Å². The molecule has 3 heteroatoms. The number of rotatable bonds is 5. The van der Waals surface area contributed by atoms with Gasteiger partial charge in [0.25, 0.3) is 0 Å². The molecule has 0 aliphatic carbocycles. The van der Waals surface area contributed by atoms with Crippen LogP contribution in [-0.4, -0.2) is 18.7 Å². The molecule has 0 amide bonds. The van der Waals surface area contributed by atoms with Crippen molar-refractivity contribution in [2.75, 3.05) is 6.54 Å². The van der Waals surface area contributed by atoms with Gasteiger partial charge in [-0.25, -0.2) is 4.39 Å². The van der Waals surface area contributed by atoms with Crippen molar-refractivity contribution in [2.45, 2.75) is 39.8 Å². The summed E-state index contributed by atoms with van der Waals surface area (Å²) in [5, 5.41) is 3.25. The Morgan fingerprint density at radius 2 is 2.00 bits per heavy atom. The molecule has 0 spiro atoms. The Hall–Kier alpha value is -1.09. The minimum Gasteiger partial charge on any atom is -0.486 e. The molecule has 1 unspecified atom stereocenters. The fourth-order valence-corrected chi connectivity index (χ4v) is 1.37. The predicted molar refractivity (Wildman–Crippen MR) is 64.4 cm³/mol. The van der Waals surface area contributed by atoms with Gasteiger partial charge in [0.2, 0.25) is 0 Å². The van der Waals surface area contributed by atoms with Crippen molar-refractivity contribution in [3.05, 3.63) is 29.6 Å². The first-order chi connectivity index (χ1) is 7.50. The summed E-state index contributed by atoms with van der Waals surface area (Å²) in [7, 11) is 0. The molecule has 1 aromatic carbocycles. The molecule has 90 valence electrons. The molecule has 0 aliphatic heterocycles. The first-order valence-electron chi connectivity index (χ1n) is 5.66. The van der Waals surface area contributed by atoms with Crippen molar-refractivity contribution < 1.29 is 9.13 Å². The van der Waals surface area contributed by atoms with Crippen molar-refractivity contribution in [3.63, 3.8) is 0 Å². The van der Waals surface area contributed by atoms with E-state index < -0.39 is 0 Å². The highest BCUT2D eigenvalue weighted by Gasteiger charge is 2.10. The number of nitrogens with one attached hydrogen (secondary N) is 1. The molecule has 0 saturated carbocycles. The summed E-state index contributed by atoms with van der Waals surface area (Å²) in [6.07, 6.45) is -0.0429. The number of benzene rings is 1. The van der Waals surface area contributed by atoms with Crippen LogP contribution in [0.3, 0.4) is 0 Å². The van der Waals surface area contributed by atoms with Gasteiger partial charge in [-0.05, 0) is 25.5 Å². The molecular formula is C13H20FNO. The van der Waals surface area contributed by atoms with Crippen LogP contribution in [0.1, 0.15) is 26.3 Å². The van der Waals surface area contributed by atoms with Gasteiger partial charge in [0.1, 0.15) is 6.10 Å². The summed E-state index contributed by atoms with van der Waals surface area (Å²) in [6.45, 7) is 8.52. The quantitative estimate of drug-likeness (QED) is 0.832. The van der Waals surface area contributed by atoms with Gasteiger partial charge in [0, 0.05) is 12.6 Å². The molecule has 2 nitrogen and oxygen atoms in total. The monoisotopic (exact) mass is 225 g/mol. The first kappa shape index (κ1) is 13.0. The smallest absolute Gasteiger partial charge is 0.167 e. The number of hydrogen-bond donors (Lipinski definition) is 1. The normalized spacial score (nSPS) is 12.9. The second-order valence-electron chi connectivity index (χ2n) is 4.38. The molecular weight excluding hydrogens is 205 g/mol. The molecule has 1 aromatic rings. The lowest BCUT2D eigenvalue weighted by molar-refractivity contribution is 0.204. The molecule has 0 aromatic heterocycles. The molecule has 0 fully saturated rings. The zero-order valence-electron chi connectivity index (χ0n) is 10.4. The van der Waals surface area contributed by atoms with Crippen molar-refractivity contribution in [1.82, 2.24) is 5.32 Å². The minimum atomic E-state index is -0.265. The van der Waals surface area contributed by atoms with E-state index in [0.717, 1.165) is 0 Å². The van der Waals surface area contributed by atoms with Crippen LogP contribution in [0.4, 0.5) is 4.39 Å². The lowest BCUT2D eigenvalue weighted by atomic mass is 10.2. The van der Waals surface area contributed by atoms with Crippen LogP contribution >= 0.6 is 0 Å². The molecule has 16 heavy (non-hydrogen) atoms. The third kappa shape index (κ3) is 3.81. The lowest BCUT2D eigenvalue weighted by Crippen LogP contribution is -2.33. The third-order valence-electron chi connectivity index (χ3n) is 2.30. The van der Waals surface area contributed by atoms with Gasteiger partial charge in [-0.2, -0.15) is 0 Å². The van der Waals surface area contributed by atoms with E-state index in [2.05, 4.69) is 19.2 Å². The molecule has 0 aliphatic rings. The van der Waals surface area contributed by atoms with E-state index >= 15 is 0 Å². The molecule has 0 heterocycles. The van der Waals surface area contributed by atoms with Crippen LogP contribution in [0.2, 0.25) is 0 Å². The number of halogens is 1. The molecule has 1 N–H and O–H groups in total. The lowest BCUT2D eigenvalue weighted by Gasteiger charge is -2.17. The van der Waals surface area contributed by atoms with Crippen molar-refractivity contribution >= 4 is 0 Å². The summed E-state index contributed by atoms with van der Waals surface area (Å²) < 4.78 is 19.2. The molecule has 0 radical (unpaired) electrons. The van der Waals surface area contributed by atoms with Gasteiger partial charge >= 0.3 is 0 Å². The van der Waals surface area contributed by atoms with Gasteiger partial charge in [-0.3, -0.25) is 0 Å². The van der Waals surface area contributed by atoms with Crippen LogP contribution < -0.4 is 10.1 Å². The SMILES string of the molecule is Cc1cccc(OC(C)CNC(C)C)c1F. The maximum Gasteiger partial charge on any atom is 0.167 e. The summed E-state index contributed by atoms with van der Waals surface area (Å²) in [4.78, 5) is 0. The van der Waals surface area contributed by atoms with Crippen molar-refractivity contribution in [2.24, 2.45) is 0 Å². The minimum absolute atomic E-state index is 0.0429. The summed E-state index contributed by atoms with van der Waals surface area (Å²) >= 11 is 0. The molecule has 0 saturated heterocycles. The Morgan fingerprint density at radius 1 is 1.31 bits per heavy atom. The predicted octanol–water partition coefficient (Wildman–Crippen LogP) is 2.90. The van der Waals surface area contributed by atoms with E-state index in [9.17, 15) is 4.39 Å². The summed E-state index contributed by atoms with van der Waals surface area (Å²) in [5.41, 5.74) is 0.613. The van der Waals surface area contributed by atoms with Gasteiger partial charge in [-0.1, -0.05) is 26.0 Å². The van der Waals surface area contributed by atoms with Gasteiger partial charge in [0.05, 0.1) is 0 Å².